The summed E-state index contributed by atoms with van der Waals surface area (Å²) >= 11 is 3.32. The van der Waals surface area contributed by atoms with Crippen molar-refractivity contribution in [3.05, 3.63) is 33.8 Å². The quantitative estimate of drug-likeness (QED) is 0.568. The van der Waals surface area contributed by atoms with E-state index in [1.54, 1.807) is 6.07 Å². The Morgan fingerprint density at radius 1 is 1.43 bits per heavy atom. The minimum Gasteiger partial charge on any atom is -0.303 e. The molecule has 0 aliphatic heterocycles. The molecule has 0 aromatic heterocycles. The molecule has 2 rings (SSSR count). The zero-order valence-corrected chi connectivity index (χ0v) is 9.08. The number of rotatable bonds is 1. The van der Waals surface area contributed by atoms with E-state index in [4.69, 9.17) is 0 Å². The maximum absolute atomic E-state index is 11.7. The number of benzene rings is 1. The van der Waals surface area contributed by atoms with E-state index in [2.05, 4.69) is 15.9 Å². The lowest BCUT2D eigenvalue weighted by molar-refractivity contribution is -0.110. The molecule has 1 aromatic carbocycles. The first kappa shape index (κ1) is 9.59. The molecule has 0 saturated heterocycles. The minimum absolute atomic E-state index is 0.0393. The van der Waals surface area contributed by atoms with Crippen molar-refractivity contribution in [2.24, 2.45) is 5.92 Å². The summed E-state index contributed by atoms with van der Waals surface area (Å²) in [4.78, 5) is 22.4. The van der Waals surface area contributed by atoms with Crippen molar-refractivity contribution in [3.8, 4) is 0 Å². The van der Waals surface area contributed by atoms with Gasteiger partial charge in [0.1, 0.15) is 6.29 Å². The van der Waals surface area contributed by atoms with Gasteiger partial charge in [0.2, 0.25) is 0 Å². The van der Waals surface area contributed by atoms with Crippen LogP contribution in [0.5, 0.6) is 0 Å². The Morgan fingerprint density at radius 3 is 2.93 bits per heavy atom. The lowest BCUT2D eigenvalue weighted by Crippen LogP contribution is -2.23. The Kier molecular flexibility index (Phi) is 2.50. The van der Waals surface area contributed by atoms with Gasteiger partial charge in [0, 0.05) is 10.0 Å². The van der Waals surface area contributed by atoms with Crippen molar-refractivity contribution < 1.29 is 9.59 Å². The molecule has 0 fully saturated rings. The minimum atomic E-state index is -0.434. The van der Waals surface area contributed by atoms with Crippen LogP contribution >= 0.6 is 15.9 Å². The Balaban J connectivity index is 2.48. The van der Waals surface area contributed by atoms with Gasteiger partial charge < -0.3 is 4.79 Å². The smallest absolute Gasteiger partial charge is 0.173 e. The van der Waals surface area contributed by atoms with Gasteiger partial charge in [0.15, 0.2) is 5.78 Å². The predicted octanol–water partition coefficient (Wildman–Crippen LogP) is 2.39. The first-order chi connectivity index (χ1) is 6.72. The molecular weight excluding hydrogens is 244 g/mol. The van der Waals surface area contributed by atoms with Crippen molar-refractivity contribution in [2.75, 3.05) is 0 Å². The third kappa shape index (κ3) is 1.52. The highest BCUT2D eigenvalue weighted by Gasteiger charge is 2.26. The van der Waals surface area contributed by atoms with Gasteiger partial charge in [-0.15, -0.1) is 0 Å². The number of Topliss-reactive ketones (excluding diaryl/α,β-unsaturated/α-hetero) is 1. The maximum Gasteiger partial charge on any atom is 0.173 e. The third-order valence-electron chi connectivity index (χ3n) is 2.56. The van der Waals surface area contributed by atoms with Crippen LogP contribution in [0.3, 0.4) is 0 Å². The average molecular weight is 253 g/mol. The number of halogens is 1. The van der Waals surface area contributed by atoms with Gasteiger partial charge in [-0.25, -0.2) is 0 Å². The van der Waals surface area contributed by atoms with Gasteiger partial charge in [-0.3, -0.25) is 4.79 Å². The number of carbonyl (C=O) groups excluding carboxylic acids is 2. The molecule has 1 aliphatic carbocycles. The third-order valence-corrected chi connectivity index (χ3v) is 3.06. The Bertz CT molecular complexity index is 398. The average Bonchev–Trinajstić information content (AvgIpc) is 2.20. The van der Waals surface area contributed by atoms with E-state index in [9.17, 15) is 9.59 Å². The highest BCUT2D eigenvalue weighted by molar-refractivity contribution is 9.10. The van der Waals surface area contributed by atoms with Crippen LogP contribution in [-0.2, 0) is 11.2 Å². The summed E-state index contributed by atoms with van der Waals surface area (Å²) in [6.07, 6.45) is 2.22. The van der Waals surface area contributed by atoms with Crippen LogP contribution in [0, 0.1) is 5.92 Å². The Morgan fingerprint density at radius 2 is 2.21 bits per heavy atom. The fourth-order valence-electron chi connectivity index (χ4n) is 1.77. The van der Waals surface area contributed by atoms with Crippen LogP contribution in [-0.4, -0.2) is 12.1 Å². The normalized spacial score (nSPS) is 20.4. The predicted molar refractivity (Wildman–Crippen MR) is 56.3 cm³/mol. The van der Waals surface area contributed by atoms with Gasteiger partial charge in [-0.05, 0) is 30.5 Å². The molecule has 1 atom stereocenters. The van der Waals surface area contributed by atoms with E-state index in [1.807, 2.05) is 12.1 Å². The van der Waals surface area contributed by atoms with E-state index in [-0.39, 0.29) is 5.78 Å². The Hall–Kier alpha value is -0.960. The van der Waals surface area contributed by atoms with E-state index >= 15 is 0 Å². The van der Waals surface area contributed by atoms with E-state index in [1.165, 1.54) is 0 Å². The topological polar surface area (TPSA) is 34.1 Å². The van der Waals surface area contributed by atoms with E-state index in [0.717, 1.165) is 22.7 Å². The second-order valence-corrected chi connectivity index (χ2v) is 4.36. The molecule has 0 saturated carbocycles. The molecule has 1 aliphatic rings. The van der Waals surface area contributed by atoms with Crippen molar-refractivity contribution in [1.82, 2.24) is 0 Å². The molecule has 0 radical (unpaired) electrons. The van der Waals surface area contributed by atoms with Crippen molar-refractivity contribution in [2.45, 2.75) is 12.8 Å². The van der Waals surface area contributed by atoms with Crippen molar-refractivity contribution in [1.29, 1.82) is 0 Å². The van der Waals surface area contributed by atoms with Gasteiger partial charge in [0.05, 0.1) is 5.92 Å². The van der Waals surface area contributed by atoms with Crippen LogP contribution in [0.15, 0.2) is 22.7 Å². The number of carbonyl (C=O) groups is 2. The van der Waals surface area contributed by atoms with Gasteiger partial charge in [-0.2, -0.15) is 0 Å². The van der Waals surface area contributed by atoms with Gasteiger partial charge in [0.25, 0.3) is 0 Å². The standard InChI is InChI=1S/C11H9BrO2/c12-9-4-3-7-1-2-8(6-13)11(14)10(7)5-9/h3-6,8H,1-2H2. The van der Waals surface area contributed by atoms with Gasteiger partial charge >= 0.3 is 0 Å². The molecule has 1 unspecified atom stereocenters. The molecule has 2 nitrogen and oxygen atoms in total. The molecular formula is C11H9BrO2. The largest absolute Gasteiger partial charge is 0.303 e. The summed E-state index contributed by atoms with van der Waals surface area (Å²) in [5, 5.41) is 0. The summed E-state index contributed by atoms with van der Waals surface area (Å²) in [7, 11) is 0. The summed E-state index contributed by atoms with van der Waals surface area (Å²) in [5.41, 5.74) is 1.75. The zero-order chi connectivity index (χ0) is 10.1. The molecule has 14 heavy (non-hydrogen) atoms. The number of ketones is 1. The maximum atomic E-state index is 11.7. The number of fused-ring (bicyclic) bond motifs is 1. The molecule has 0 N–H and O–H groups in total. The summed E-state index contributed by atoms with van der Waals surface area (Å²) in [6.45, 7) is 0. The molecule has 0 heterocycles. The van der Waals surface area contributed by atoms with Gasteiger partial charge in [-0.1, -0.05) is 22.0 Å². The summed E-state index contributed by atoms with van der Waals surface area (Å²) in [6, 6.07) is 5.67. The molecule has 0 bridgehead atoms. The fourth-order valence-corrected chi connectivity index (χ4v) is 2.13. The summed E-state index contributed by atoms with van der Waals surface area (Å²) in [5.74, 6) is -0.473. The van der Waals surface area contributed by atoms with Crippen molar-refractivity contribution >= 4 is 28.0 Å². The van der Waals surface area contributed by atoms with Crippen LogP contribution < -0.4 is 0 Å². The number of aryl methyl sites for hydroxylation is 1. The first-order valence-corrected chi connectivity index (χ1v) is 5.29. The first-order valence-electron chi connectivity index (χ1n) is 4.50. The Labute approximate surface area is 90.4 Å². The van der Waals surface area contributed by atoms with Crippen LogP contribution in [0.4, 0.5) is 0 Å². The molecule has 3 heteroatoms. The second-order valence-electron chi connectivity index (χ2n) is 3.45. The number of hydrogen-bond acceptors (Lipinski definition) is 2. The van der Waals surface area contributed by atoms with Crippen LogP contribution in [0.25, 0.3) is 0 Å². The monoisotopic (exact) mass is 252 g/mol. The second kappa shape index (κ2) is 3.65. The number of hydrogen-bond donors (Lipinski definition) is 0. The molecule has 0 amide bonds. The van der Waals surface area contributed by atoms with E-state index in [0.29, 0.717) is 12.0 Å². The van der Waals surface area contributed by atoms with Crippen LogP contribution in [0.2, 0.25) is 0 Å². The fraction of sp³-hybridized carbons (Fsp3) is 0.273. The highest BCUT2D eigenvalue weighted by Crippen LogP contribution is 2.26. The number of aldehydes is 1. The molecule has 1 aromatic rings. The summed E-state index contributed by atoms with van der Waals surface area (Å²) < 4.78 is 0.885. The van der Waals surface area contributed by atoms with Crippen LogP contribution in [0.1, 0.15) is 22.3 Å². The highest BCUT2D eigenvalue weighted by atomic mass is 79.9. The van der Waals surface area contributed by atoms with E-state index < -0.39 is 5.92 Å². The SMILES string of the molecule is O=CC1CCc2ccc(Br)cc2C1=O. The zero-order valence-electron chi connectivity index (χ0n) is 7.50. The van der Waals surface area contributed by atoms with Crippen molar-refractivity contribution in [3.63, 3.8) is 0 Å². The lowest BCUT2D eigenvalue weighted by Gasteiger charge is -2.19. The molecule has 0 spiro atoms. The molecule has 72 valence electrons. The lowest BCUT2D eigenvalue weighted by atomic mass is 9.84.